The van der Waals surface area contributed by atoms with Crippen molar-refractivity contribution in [1.82, 2.24) is 9.97 Å². The van der Waals surface area contributed by atoms with E-state index in [2.05, 4.69) is 20.0 Å². The van der Waals surface area contributed by atoms with Gasteiger partial charge in [-0.25, -0.2) is 9.97 Å². The molecule has 1 heterocycles. The summed E-state index contributed by atoms with van der Waals surface area (Å²) >= 11 is 0. The Kier molecular flexibility index (Phi) is 6.70. The lowest BCUT2D eigenvalue weighted by Gasteiger charge is -2.10. The fourth-order valence-electron chi connectivity index (χ4n) is 1.60. The third kappa shape index (κ3) is 6.70. The smallest absolute Gasteiger partial charge is 0.370 e. The van der Waals surface area contributed by atoms with Crippen LogP contribution in [0.3, 0.4) is 0 Å². The van der Waals surface area contributed by atoms with Crippen LogP contribution in [-0.2, 0) is 17.8 Å². The van der Waals surface area contributed by atoms with E-state index < -0.39 is 12.8 Å². The van der Waals surface area contributed by atoms with Gasteiger partial charge in [0, 0.05) is 18.3 Å². The zero-order valence-electron chi connectivity index (χ0n) is 11.8. The molecule has 0 atom stereocenters. The van der Waals surface area contributed by atoms with Crippen molar-refractivity contribution >= 4 is 5.82 Å². The van der Waals surface area contributed by atoms with Crippen molar-refractivity contribution in [1.29, 1.82) is 0 Å². The molecule has 0 spiro atoms. The van der Waals surface area contributed by atoms with Crippen LogP contribution in [0.1, 0.15) is 38.2 Å². The number of ether oxygens (including phenoxy) is 1. The molecule has 0 amide bonds. The number of hydrogen-bond acceptors (Lipinski definition) is 4. The van der Waals surface area contributed by atoms with Gasteiger partial charge in [-0.05, 0) is 12.8 Å². The molecule has 0 aliphatic carbocycles. The van der Waals surface area contributed by atoms with Gasteiger partial charge in [0.15, 0.2) is 5.82 Å². The molecule has 0 fully saturated rings. The molecule has 1 aromatic rings. The first-order chi connectivity index (χ1) is 9.44. The van der Waals surface area contributed by atoms with Crippen LogP contribution in [0, 0.1) is 0 Å². The molecular weight excluding hydrogens is 271 g/mol. The molecule has 20 heavy (non-hydrogen) atoms. The van der Waals surface area contributed by atoms with Crippen LogP contribution in [0.25, 0.3) is 0 Å². The fourth-order valence-corrected chi connectivity index (χ4v) is 1.60. The van der Waals surface area contributed by atoms with Gasteiger partial charge >= 0.3 is 6.18 Å². The van der Waals surface area contributed by atoms with Crippen molar-refractivity contribution < 1.29 is 17.9 Å². The third-order valence-electron chi connectivity index (χ3n) is 2.38. The van der Waals surface area contributed by atoms with Crippen LogP contribution in [0.15, 0.2) is 6.07 Å². The number of nitrogens with one attached hydrogen (secondary N) is 1. The van der Waals surface area contributed by atoms with Gasteiger partial charge in [-0.15, -0.1) is 0 Å². The molecular formula is C13H20F3N3O. The summed E-state index contributed by atoms with van der Waals surface area (Å²) in [5.41, 5.74) is 0.812. The predicted octanol–water partition coefficient (Wildman–Crippen LogP) is 3.33. The molecule has 0 unspecified atom stereocenters. The first kappa shape index (κ1) is 16.7. The summed E-state index contributed by atoms with van der Waals surface area (Å²) in [6.07, 6.45) is -1.72. The molecule has 1 N–H and O–H groups in total. The first-order valence-corrected chi connectivity index (χ1v) is 6.69. The Morgan fingerprint density at radius 2 is 1.95 bits per heavy atom. The Morgan fingerprint density at radius 3 is 2.55 bits per heavy atom. The molecule has 4 nitrogen and oxygen atoms in total. The second-order valence-corrected chi connectivity index (χ2v) is 4.45. The summed E-state index contributed by atoms with van der Waals surface area (Å²) in [6.45, 7) is 3.27. The monoisotopic (exact) mass is 291 g/mol. The second kappa shape index (κ2) is 8.04. The zero-order valence-corrected chi connectivity index (χ0v) is 11.8. The predicted molar refractivity (Wildman–Crippen MR) is 70.5 cm³/mol. The molecule has 1 rings (SSSR count). The average molecular weight is 291 g/mol. The summed E-state index contributed by atoms with van der Waals surface area (Å²) < 4.78 is 40.7. The van der Waals surface area contributed by atoms with E-state index in [1.54, 1.807) is 0 Å². The molecule has 0 aromatic carbocycles. The van der Waals surface area contributed by atoms with Gasteiger partial charge in [0.2, 0.25) is 0 Å². The quantitative estimate of drug-likeness (QED) is 0.798. The molecule has 0 saturated heterocycles. The lowest BCUT2D eigenvalue weighted by molar-refractivity contribution is -0.177. The van der Waals surface area contributed by atoms with E-state index in [0.717, 1.165) is 31.5 Å². The molecule has 7 heteroatoms. The van der Waals surface area contributed by atoms with E-state index in [-0.39, 0.29) is 12.4 Å². The maximum atomic E-state index is 12.0. The molecule has 1 aromatic heterocycles. The fraction of sp³-hybridized carbons (Fsp3) is 0.692. The van der Waals surface area contributed by atoms with Crippen molar-refractivity contribution in [2.75, 3.05) is 18.5 Å². The van der Waals surface area contributed by atoms with Crippen LogP contribution < -0.4 is 5.32 Å². The van der Waals surface area contributed by atoms with Gasteiger partial charge in [0.05, 0.1) is 0 Å². The lowest BCUT2D eigenvalue weighted by Crippen LogP contribution is -2.17. The Bertz CT molecular complexity index is 410. The number of hydrogen-bond donors (Lipinski definition) is 1. The number of aromatic nitrogens is 2. The number of nitrogens with zero attached hydrogens (tertiary/aromatic N) is 2. The highest BCUT2D eigenvalue weighted by molar-refractivity contribution is 5.36. The Hall–Kier alpha value is -1.37. The Balaban J connectivity index is 2.69. The summed E-state index contributed by atoms with van der Waals surface area (Å²) in [7, 11) is 0. The Labute approximate surface area is 116 Å². The lowest BCUT2D eigenvalue weighted by atomic mass is 10.2. The van der Waals surface area contributed by atoms with Gasteiger partial charge in [-0.3, -0.25) is 0 Å². The van der Waals surface area contributed by atoms with Crippen LogP contribution in [0.4, 0.5) is 19.0 Å². The van der Waals surface area contributed by atoms with Crippen molar-refractivity contribution in [3.8, 4) is 0 Å². The molecule has 0 aliphatic heterocycles. The summed E-state index contributed by atoms with van der Waals surface area (Å²) in [6, 6.07) is 1.83. The van der Waals surface area contributed by atoms with Gasteiger partial charge in [-0.2, -0.15) is 13.2 Å². The normalized spacial score (nSPS) is 11.7. The van der Waals surface area contributed by atoms with E-state index >= 15 is 0 Å². The number of aryl methyl sites for hydroxylation is 1. The van der Waals surface area contributed by atoms with Gasteiger partial charge in [0.25, 0.3) is 0 Å². The standard InChI is InChI=1S/C13H20F3N3O/c1-3-5-10-7-11(17-6-4-2)19-12(18-10)8-20-9-13(14,15)16/h7H,3-6,8-9H2,1-2H3,(H,17,18,19). The van der Waals surface area contributed by atoms with E-state index in [1.165, 1.54) is 0 Å². The van der Waals surface area contributed by atoms with Crippen molar-refractivity contribution in [2.45, 2.75) is 45.9 Å². The second-order valence-electron chi connectivity index (χ2n) is 4.45. The van der Waals surface area contributed by atoms with E-state index in [1.807, 2.05) is 19.9 Å². The van der Waals surface area contributed by atoms with Crippen molar-refractivity contribution in [3.05, 3.63) is 17.6 Å². The maximum absolute atomic E-state index is 12.0. The van der Waals surface area contributed by atoms with Crippen molar-refractivity contribution in [2.24, 2.45) is 0 Å². The minimum atomic E-state index is -4.33. The highest BCUT2D eigenvalue weighted by atomic mass is 19.4. The van der Waals surface area contributed by atoms with Crippen LogP contribution in [-0.4, -0.2) is 29.3 Å². The van der Waals surface area contributed by atoms with E-state index in [9.17, 15) is 13.2 Å². The molecule has 114 valence electrons. The highest BCUT2D eigenvalue weighted by Gasteiger charge is 2.27. The minimum absolute atomic E-state index is 0.238. The van der Waals surface area contributed by atoms with E-state index in [4.69, 9.17) is 0 Å². The number of rotatable bonds is 8. The first-order valence-electron chi connectivity index (χ1n) is 6.69. The number of alkyl halides is 3. The van der Waals surface area contributed by atoms with Crippen LogP contribution in [0.5, 0.6) is 0 Å². The van der Waals surface area contributed by atoms with E-state index in [0.29, 0.717) is 5.82 Å². The zero-order chi connectivity index (χ0) is 15.0. The van der Waals surface area contributed by atoms with Crippen LogP contribution in [0.2, 0.25) is 0 Å². The third-order valence-corrected chi connectivity index (χ3v) is 2.38. The van der Waals surface area contributed by atoms with Gasteiger partial charge < -0.3 is 10.1 Å². The van der Waals surface area contributed by atoms with Crippen LogP contribution >= 0.6 is 0 Å². The minimum Gasteiger partial charge on any atom is -0.370 e. The Morgan fingerprint density at radius 1 is 1.20 bits per heavy atom. The molecule has 0 saturated carbocycles. The highest BCUT2D eigenvalue weighted by Crippen LogP contribution is 2.16. The summed E-state index contributed by atoms with van der Waals surface area (Å²) in [5.74, 6) is 0.912. The molecule has 0 bridgehead atoms. The summed E-state index contributed by atoms with van der Waals surface area (Å²) in [5, 5.41) is 3.11. The molecule has 0 aliphatic rings. The topological polar surface area (TPSA) is 47.0 Å². The van der Waals surface area contributed by atoms with Crippen molar-refractivity contribution in [3.63, 3.8) is 0 Å². The van der Waals surface area contributed by atoms with Gasteiger partial charge in [0.1, 0.15) is 19.0 Å². The van der Waals surface area contributed by atoms with Gasteiger partial charge in [-0.1, -0.05) is 20.3 Å². The summed E-state index contributed by atoms with van der Waals surface area (Å²) in [4.78, 5) is 8.37. The SMILES string of the molecule is CCCNc1cc(CCC)nc(COCC(F)(F)F)n1. The number of halogens is 3. The average Bonchev–Trinajstić information content (AvgIpc) is 2.35. The largest absolute Gasteiger partial charge is 0.411 e. The number of anilines is 1. The maximum Gasteiger partial charge on any atom is 0.411 e. The molecule has 0 radical (unpaired) electrons.